The second-order valence-corrected chi connectivity index (χ2v) is 14.5. The Kier molecular flexibility index (Phi) is 6.81. The van der Waals surface area contributed by atoms with Gasteiger partial charge in [-0.1, -0.05) is 84.9 Å². The van der Waals surface area contributed by atoms with Gasteiger partial charge in [-0.05, 0) is 43.9 Å². The van der Waals surface area contributed by atoms with Crippen LogP contribution in [0.1, 0.15) is 17.4 Å². The third kappa shape index (κ3) is 4.94. The predicted molar refractivity (Wildman–Crippen MR) is 148 cm³/mol. The third-order valence-electron chi connectivity index (χ3n) is 6.17. The van der Waals surface area contributed by atoms with Crippen molar-refractivity contribution in [1.82, 2.24) is 0 Å². The topological polar surface area (TPSA) is 39.4 Å². The molecule has 0 radical (unpaired) electrons. The molecule has 0 spiro atoms. The van der Waals surface area contributed by atoms with Gasteiger partial charge >= 0.3 is 12.0 Å². The predicted octanol–water partition coefficient (Wildman–Crippen LogP) is 8.97. The van der Waals surface area contributed by atoms with Crippen molar-refractivity contribution in [3.63, 3.8) is 0 Å². The summed E-state index contributed by atoms with van der Waals surface area (Å²) >= 11 is 0. The molecule has 4 aromatic rings. The SMILES string of the molecule is C[Si](C)(C)OC1(C(F)(F)F)[OH+]C(c2ccccc2[N-]c2ccccc2)N(c2ccccc2)c2ccccc21. The highest BCUT2D eigenvalue weighted by atomic mass is 28.4. The van der Waals surface area contributed by atoms with Gasteiger partial charge in [0.25, 0.3) is 6.23 Å². The van der Waals surface area contributed by atoms with E-state index in [1.807, 2.05) is 71.6 Å². The van der Waals surface area contributed by atoms with Gasteiger partial charge in [0.2, 0.25) is 0 Å². The molecule has 0 aromatic heterocycles. The van der Waals surface area contributed by atoms with Crippen LogP contribution < -0.4 is 4.90 Å². The molecule has 1 heterocycles. The van der Waals surface area contributed by atoms with E-state index >= 15 is 13.2 Å². The number of halogens is 3. The first-order valence-corrected chi connectivity index (χ1v) is 15.8. The van der Waals surface area contributed by atoms with Gasteiger partial charge in [-0.15, -0.1) is 11.4 Å². The van der Waals surface area contributed by atoms with Crippen molar-refractivity contribution in [3.05, 3.63) is 126 Å². The minimum Gasteiger partial charge on any atom is -0.657 e. The molecule has 4 aromatic carbocycles. The summed E-state index contributed by atoms with van der Waals surface area (Å²) in [6.45, 7) is 5.24. The Bertz CT molecular complexity index is 1390. The van der Waals surface area contributed by atoms with Crippen LogP contribution in [-0.4, -0.2) is 19.2 Å². The molecule has 2 unspecified atom stereocenters. The third-order valence-corrected chi connectivity index (χ3v) is 7.08. The van der Waals surface area contributed by atoms with Gasteiger partial charge < -0.3 is 14.5 Å². The van der Waals surface area contributed by atoms with E-state index in [1.165, 1.54) is 6.07 Å². The Balaban J connectivity index is 1.76. The monoisotopic (exact) mass is 534 g/mol. The molecule has 5 rings (SSSR count). The first-order valence-electron chi connectivity index (χ1n) is 12.4. The van der Waals surface area contributed by atoms with Crippen LogP contribution in [0.4, 0.5) is 35.9 Å². The Hall–Kier alpha value is -3.59. The molecular weight excluding hydrogens is 505 g/mol. The number of alkyl halides is 3. The normalized spacial score (nSPS) is 19.6. The van der Waals surface area contributed by atoms with Crippen molar-refractivity contribution in [2.45, 2.75) is 37.8 Å². The van der Waals surface area contributed by atoms with E-state index in [0.29, 0.717) is 28.3 Å². The van der Waals surface area contributed by atoms with Crippen molar-refractivity contribution >= 4 is 31.1 Å². The second kappa shape index (κ2) is 9.94. The fourth-order valence-corrected chi connectivity index (χ4v) is 5.90. The second-order valence-electron chi connectivity index (χ2n) is 10.1. The van der Waals surface area contributed by atoms with Crippen LogP contribution in [-0.2, 0) is 10.2 Å². The average molecular weight is 535 g/mol. The molecule has 2 atom stereocenters. The Morgan fingerprint density at radius 1 is 0.789 bits per heavy atom. The van der Waals surface area contributed by atoms with Gasteiger partial charge in [-0.2, -0.15) is 13.2 Å². The number of hydrogen-bond acceptors (Lipinski definition) is 2. The van der Waals surface area contributed by atoms with Gasteiger partial charge in [-0.3, -0.25) is 4.90 Å². The summed E-state index contributed by atoms with van der Waals surface area (Å²) in [6, 6.07) is 32.4. The van der Waals surface area contributed by atoms with Crippen LogP contribution in [0.3, 0.4) is 0 Å². The summed E-state index contributed by atoms with van der Waals surface area (Å²) < 4.78 is 56.3. The van der Waals surface area contributed by atoms with Crippen molar-refractivity contribution < 1.29 is 22.3 Å². The number of nitrogens with zero attached hydrogens (tertiary/aromatic N) is 2. The maximum absolute atomic E-state index is 15.2. The summed E-state index contributed by atoms with van der Waals surface area (Å²) in [5, 5.41) is 4.78. The molecule has 0 saturated carbocycles. The molecule has 1 aliphatic heterocycles. The van der Waals surface area contributed by atoms with Crippen LogP contribution in [0.15, 0.2) is 109 Å². The lowest BCUT2D eigenvalue weighted by molar-refractivity contribution is -0.444. The highest BCUT2D eigenvalue weighted by molar-refractivity contribution is 6.69. The summed E-state index contributed by atoms with van der Waals surface area (Å²) in [7, 11) is -2.76. The first kappa shape index (κ1) is 26.0. The lowest BCUT2D eigenvalue weighted by Crippen LogP contribution is -2.59. The molecule has 4 nitrogen and oxygen atoms in total. The zero-order chi connectivity index (χ0) is 27.0. The summed E-state index contributed by atoms with van der Waals surface area (Å²) in [6.07, 6.45) is -5.86. The molecule has 0 amide bonds. The smallest absolute Gasteiger partial charge is 0.500 e. The minimum absolute atomic E-state index is 0.0208. The van der Waals surface area contributed by atoms with E-state index in [9.17, 15) is 0 Å². The molecule has 0 fully saturated rings. The molecule has 1 aliphatic rings. The van der Waals surface area contributed by atoms with E-state index in [-0.39, 0.29) is 5.56 Å². The molecule has 8 heteroatoms. The van der Waals surface area contributed by atoms with Crippen LogP contribution in [0.2, 0.25) is 19.6 Å². The standard InChI is InChI=1S/C30H28F3N2O2Si/c1-38(2,3)37-29(30(31,32)33)25-19-11-13-21-27(25)35(23-16-8-5-9-17-23)28(36-29)24-18-10-12-20-26(24)34-22-14-6-4-7-15-22/h4-21,28H,1-3H3/q-1/p+1. The lowest BCUT2D eigenvalue weighted by atomic mass is 9.96. The van der Waals surface area contributed by atoms with Gasteiger partial charge in [0, 0.05) is 11.3 Å². The van der Waals surface area contributed by atoms with Gasteiger partial charge in [-0.25, -0.2) is 0 Å². The summed E-state index contributed by atoms with van der Waals surface area (Å²) in [5.74, 6) is -2.83. The van der Waals surface area contributed by atoms with Crippen LogP contribution in [0.5, 0.6) is 0 Å². The number of ether oxygens (including phenoxy) is 1. The molecule has 0 aliphatic carbocycles. The van der Waals surface area contributed by atoms with Crippen molar-refractivity contribution in [2.75, 3.05) is 4.90 Å². The number of aliphatic hydroxyl groups is 2. The maximum atomic E-state index is 15.2. The number of fused-ring (bicyclic) bond motifs is 1. The molecular formula is C30H29F3N2O2Si. The van der Waals surface area contributed by atoms with Crippen molar-refractivity contribution in [2.24, 2.45) is 0 Å². The van der Waals surface area contributed by atoms with Crippen LogP contribution in [0.25, 0.3) is 5.32 Å². The summed E-state index contributed by atoms with van der Waals surface area (Å²) in [4.78, 5) is 1.84. The average Bonchev–Trinajstić information content (AvgIpc) is 2.88. The zero-order valence-electron chi connectivity index (χ0n) is 21.4. The highest BCUT2D eigenvalue weighted by Gasteiger charge is 2.70. The molecule has 0 bridgehead atoms. The quantitative estimate of drug-likeness (QED) is 0.183. The van der Waals surface area contributed by atoms with Gasteiger partial charge in [0.1, 0.15) is 0 Å². The molecule has 1 N–H and O–H groups in total. The molecule has 38 heavy (non-hydrogen) atoms. The Morgan fingerprint density at radius 2 is 1.37 bits per heavy atom. The number of hydrogen-bond donors (Lipinski definition) is 0. The number of rotatable bonds is 6. The van der Waals surface area contributed by atoms with Crippen LogP contribution in [0, 0.1) is 0 Å². The lowest BCUT2D eigenvalue weighted by Gasteiger charge is -2.47. The zero-order valence-corrected chi connectivity index (χ0v) is 22.4. The maximum Gasteiger partial charge on any atom is 0.500 e. The molecule has 196 valence electrons. The first-order chi connectivity index (χ1) is 18.1. The van der Waals surface area contributed by atoms with Gasteiger partial charge in [0.05, 0.1) is 11.3 Å². The van der Waals surface area contributed by atoms with Crippen LogP contribution >= 0.6 is 0 Å². The fourth-order valence-electron chi connectivity index (χ4n) is 4.74. The summed E-state index contributed by atoms with van der Waals surface area (Å²) in [5.41, 5.74) is 2.87. The van der Waals surface area contributed by atoms with E-state index < -0.39 is 26.5 Å². The Morgan fingerprint density at radius 3 is 2.03 bits per heavy atom. The van der Waals surface area contributed by atoms with Crippen molar-refractivity contribution in [1.29, 1.82) is 0 Å². The van der Waals surface area contributed by atoms with E-state index in [1.54, 1.807) is 56.0 Å². The van der Waals surface area contributed by atoms with E-state index in [4.69, 9.17) is 9.74 Å². The van der Waals surface area contributed by atoms with Gasteiger partial charge in [0.15, 0.2) is 8.32 Å². The minimum atomic E-state index is -4.80. The van der Waals surface area contributed by atoms with E-state index in [0.717, 1.165) is 0 Å². The highest BCUT2D eigenvalue weighted by Crippen LogP contribution is 2.56. The van der Waals surface area contributed by atoms with Crippen molar-refractivity contribution in [3.8, 4) is 0 Å². The fraction of sp³-hybridized carbons (Fsp3) is 0.200. The number of anilines is 2. The molecule has 0 saturated heterocycles. The Labute approximate surface area is 221 Å². The number of benzene rings is 4. The number of para-hydroxylation sites is 4. The van der Waals surface area contributed by atoms with E-state index in [2.05, 4.69) is 4.74 Å². The largest absolute Gasteiger partial charge is 0.657 e.